The van der Waals surface area contributed by atoms with Gasteiger partial charge in [-0.2, -0.15) is 4.37 Å². The number of anilines is 1. The molecule has 1 aliphatic rings. The molecule has 7 heteroatoms. The third-order valence-corrected chi connectivity index (χ3v) is 5.62. The molecule has 0 saturated carbocycles. The number of amides is 1. The van der Waals surface area contributed by atoms with Crippen LogP contribution < -0.4 is 9.64 Å². The van der Waals surface area contributed by atoms with Crippen LogP contribution >= 0.6 is 11.5 Å². The van der Waals surface area contributed by atoms with Gasteiger partial charge in [0, 0.05) is 37.4 Å². The largest absolute Gasteiger partial charge is 0.497 e. The van der Waals surface area contributed by atoms with Crippen LogP contribution in [0.25, 0.3) is 11.3 Å². The van der Waals surface area contributed by atoms with E-state index >= 15 is 0 Å². The summed E-state index contributed by atoms with van der Waals surface area (Å²) < 4.78 is 22.9. The van der Waals surface area contributed by atoms with Gasteiger partial charge < -0.3 is 14.5 Å². The van der Waals surface area contributed by atoms with Crippen molar-refractivity contribution in [3.8, 4) is 17.0 Å². The first-order valence-electron chi connectivity index (χ1n) is 9.05. The molecule has 144 valence electrons. The lowest BCUT2D eigenvalue weighted by molar-refractivity contribution is 0.0751. The molecule has 28 heavy (non-hydrogen) atoms. The van der Waals surface area contributed by atoms with Crippen LogP contribution in [0.2, 0.25) is 0 Å². The van der Waals surface area contributed by atoms with Crippen LogP contribution in [-0.4, -0.2) is 48.5 Å². The zero-order valence-electron chi connectivity index (χ0n) is 15.5. The highest BCUT2D eigenvalue weighted by molar-refractivity contribution is 7.08. The molecular formula is C21H20FN3O2S. The summed E-state index contributed by atoms with van der Waals surface area (Å²) in [4.78, 5) is 17.5. The zero-order chi connectivity index (χ0) is 19.5. The molecule has 0 N–H and O–H groups in total. The maximum absolute atomic E-state index is 13.4. The van der Waals surface area contributed by atoms with Crippen LogP contribution in [0.15, 0.2) is 54.6 Å². The SMILES string of the molecule is COc1ccc(N2CCN(C(=O)c3cc(-c4cccc(F)c4)ns3)CC2)cc1. The van der Waals surface area contributed by atoms with Gasteiger partial charge in [0.1, 0.15) is 16.4 Å². The van der Waals surface area contributed by atoms with Gasteiger partial charge in [-0.25, -0.2) is 4.39 Å². The predicted octanol–water partition coefficient (Wildman–Crippen LogP) is 3.92. The fourth-order valence-corrected chi connectivity index (χ4v) is 4.00. The molecule has 1 saturated heterocycles. The Morgan fingerprint density at radius 3 is 2.50 bits per heavy atom. The first kappa shape index (κ1) is 18.4. The van der Waals surface area contributed by atoms with E-state index in [1.54, 1.807) is 25.3 Å². The van der Waals surface area contributed by atoms with E-state index in [0.29, 0.717) is 29.2 Å². The van der Waals surface area contributed by atoms with E-state index in [1.165, 1.54) is 12.1 Å². The van der Waals surface area contributed by atoms with Gasteiger partial charge in [0.05, 0.1) is 12.8 Å². The number of rotatable bonds is 4. The van der Waals surface area contributed by atoms with Crippen molar-refractivity contribution >= 4 is 23.1 Å². The van der Waals surface area contributed by atoms with Gasteiger partial charge in [0.2, 0.25) is 0 Å². The Kier molecular flexibility index (Phi) is 5.25. The summed E-state index contributed by atoms with van der Waals surface area (Å²) in [6.07, 6.45) is 0. The smallest absolute Gasteiger partial charge is 0.265 e. The fraction of sp³-hybridized carbons (Fsp3) is 0.238. The van der Waals surface area contributed by atoms with Crippen molar-refractivity contribution in [3.63, 3.8) is 0 Å². The van der Waals surface area contributed by atoms with E-state index in [0.717, 1.165) is 36.1 Å². The average Bonchev–Trinajstić information content (AvgIpc) is 3.24. The highest BCUT2D eigenvalue weighted by Gasteiger charge is 2.24. The lowest BCUT2D eigenvalue weighted by Crippen LogP contribution is -2.48. The second-order valence-corrected chi connectivity index (χ2v) is 7.37. The molecule has 3 aromatic rings. The van der Waals surface area contributed by atoms with Crippen LogP contribution in [0.3, 0.4) is 0 Å². The Morgan fingerprint density at radius 1 is 1.07 bits per heavy atom. The summed E-state index contributed by atoms with van der Waals surface area (Å²) in [7, 11) is 1.65. The number of piperazine rings is 1. The summed E-state index contributed by atoms with van der Waals surface area (Å²) in [5, 5.41) is 0. The van der Waals surface area contributed by atoms with E-state index in [2.05, 4.69) is 9.27 Å². The van der Waals surface area contributed by atoms with E-state index < -0.39 is 0 Å². The number of hydrogen-bond acceptors (Lipinski definition) is 5. The number of halogens is 1. The lowest BCUT2D eigenvalue weighted by Gasteiger charge is -2.35. The topological polar surface area (TPSA) is 45.7 Å². The van der Waals surface area contributed by atoms with Crippen LogP contribution in [0.5, 0.6) is 5.75 Å². The number of methoxy groups -OCH3 is 1. The summed E-state index contributed by atoms with van der Waals surface area (Å²) in [5.74, 6) is 0.499. The molecule has 2 heterocycles. The second kappa shape index (κ2) is 7.98. The van der Waals surface area contributed by atoms with Gasteiger partial charge in [-0.15, -0.1) is 0 Å². The monoisotopic (exact) mass is 397 g/mol. The molecular weight excluding hydrogens is 377 g/mol. The van der Waals surface area contributed by atoms with Gasteiger partial charge in [0.15, 0.2) is 0 Å². The van der Waals surface area contributed by atoms with Gasteiger partial charge in [0.25, 0.3) is 5.91 Å². The maximum Gasteiger partial charge on any atom is 0.265 e. The minimum Gasteiger partial charge on any atom is -0.497 e. The molecule has 0 radical (unpaired) electrons. The second-order valence-electron chi connectivity index (χ2n) is 6.56. The number of nitrogens with zero attached hydrogens (tertiary/aromatic N) is 3. The van der Waals surface area contributed by atoms with Gasteiger partial charge >= 0.3 is 0 Å². The number of benzene rings is 2. The molecule has 1 aromatic heterocycles. The van der Waals surface area contributed by atoms with Crippen LogP contribution in [0, 0.1) is 5.82 Å². The van der Waals surface area contributed by atoms with Crippen molar-refractivity contribution < 1.29 is 13.9 Å². The summed E-state index contributed by atoms with van der Waals surface area (Å²) in [5.41, 5.74) is 2.43. The van der Waals surface area contributed by atoms with Crippen molar-refractivity contribution in [1.29, 1.82) is 0 Å². The summed E-state index contributed by atoms with van der Waals surface area (Å²) in [6.45, 7) is 2.84. The Bertz CT molecular complexity index is 966. The summed E-state index contributed by atoms with van der Waals surface area (Å²) >= 11 is 1.16. The fourth-order valence-electron chi connectivity index (χ4n) is 3.28. The minimum atomic E-state index is -0.312. The third-order valence-electron chi connectivity index (χ3n) is 4.85. The number of carbonyl (C=O) groups is 1. The first-order valence-corrected chi connectivity index (χ1v) is 9.82. The molecule has 1 fully saturated rings. The van der Waals surface area contributed by atoms with Crippen molar-refractivity contribution in [3.05, 3.63) is 65.3 Å². The Balaban J connectivity index is 1.40. The average molecular weight is 397 g/mol. The van der Waals surface area contributed by atoms with Crippen LogP contribution in [0.4, 0.5) is 10.1 Å². The summed E-state index contributed by atoms with van der Waals surface area (Å²) in [6, 6.07) is 16.0. The van der Waals surface area contributed by atoms with Crippen LogP contribution in [0.1, 0.15) is 9.67 Å². The molecule has 0 bridgehead atoms. The third kappa shape index (κ3) is 3.84. The first-order chi connectivity index (χ1) is 13.6. The molecule has 1 amide bonds. The van der Waals surface area contributed by atoms with E-state index in [9.17, 15) is 9.18 Å². The standard InChI is InChI=1S/C21H20FN3O2S/c1-27-18-7-5-17(6-8-18)24-9-11-25(12-10-24)21(26)20-14-19(23-28-20)15-3-2-4-16(22)13-15/h2-8,13-14H,9-12H2,1H3. The normalized spacial score (nSPS) is 14.2. The van der Waals surface area contributed by atoms with Crippen molar-refractivity contribution in [1.82, 2.24) is 9.27 Å². The zero-order valence-corrected chi connectivity index (χ0v) is 16.3. The Hall–Kier alpha value is -2.93. The highest BCUT2D eigenvalue weighted by atomic mass is 32.1. The van der Waals surface area contributed by atoms with Gasteiger partial charge in [-0.05, 0) is 54.0 Å². The molecule has 0 atom stereocenters. The number of carbonyl (C=O) groups excluding carboxylic acids is 1. The lowest BCUT2D eigenvalue weighted by atomic mass is 10.1. The number of aromatic nitrogens is 1. The number of hydrogen-bond donors (Lipinski definition) is 0. The molecule has 5 nitrogen and oxygen atoms in total. The molecule has 0 spiro atoms. The molecule has 2 aromatic carbocycles. The quantitative estimate of drug-likeness (QED) is 0.669. The highest BCUT2D eigenvalue weighted by Crippen LogP contribution is 2.25. The van der Waals surface area contributed by atoms with Gasteiger partial charge in [-0.3, -0.25) is 4.79 Å². The molecule has 0 aliphatic carbocycles. The van der Waals surface area contributed by atoms with Gasteiger partial charge in [-0.1, -0.05) is 12.1 Å². The molecule has 1 aliphatic heterocycles. The molecule has 0 unspecified atom stereocenters. The van der Waals surface area contributed by atoms with Crippen molar-refractivity contribution in [2.24, 2.45) is 0 Å². The Labute approximate surface area is 167 Å². The molecule has 4 rings (SSSR count). The maximum atomic E-state index is 13.4. The van der Waals surface area contributed by atoms with E-state index in [1.807, 2.05) is 29.2 Å². The van der Waals surface area contributed by atoms with Crippen molar-refractivity contribution in [2.45, 2.75) is 0 Å². The minimum absolute atomic E-state index is 0.0190. The van der Waals surface area contributed by atoms with E-state index in [4.69, 9.17) is 4.74 Å². The van der Waals surface area contributed by atoms with Crippen LogP contribution in [-0.2, 0) is 0 Å². The van der Waals surface area contributed by atoms with E-state index in [-0.39, 0.29) is 11.7 Å². The predicted molar refractivity (Wildman–Crippen MR) is 109 cm³/mol. The Morgan fingerprint density at radius 2 is 1.82 bits per heavy atom. The van der Waals surface area contributed by atoms with Crippen molar-refractivity contribution in [2.75, 3.05) is 38.2 Å². The number of ether oxygens (including phenoxy) is 1.